The van der Waals surface area contributed by atoms with E-state index >= 15 is 0 Å². The van der Waals surface area contributed by atoms with Gasteiger partial charge < -0.3 is 5.32 Å². The smallest absolute Gasteiger partial charge is 0.247 e. The number of carbonyl (C=O) groups is 1. The molecule has 0 aliphatic rings. The summed E-state index contributed by atoms with van der Waals surface area (Å²) in [7, 11) is 1.65. The van der Waals surface area contributed by atoms with Crippen molar-refractivity contribution >= 4 is 23.3 Å². The molecule has 8 heteroatoms. The first-order valence-corrected chi connectivity index (χ1v) is 5.80. The highest BCUT2D eigenvalue weighted by Crippen LogP contribution is 2.15. The lowest BCUT2D eigenvalue weighted by atomic mass is 10.3. The molecule has 0 saturated carbocycles. The normalized spacial score (nSPS) is 10.2. The highest BCUT2D eigenvalue weighted by molar-refractivity contribution is 6.31. The summed E-state index contributed by atoms with van der Waals surface area (Å²) in [4.78, 5) is 11.9. The van der Waals surface area contributed by atoms with E-state index in [4.69, 9.17) is 16.9 Å². The van der Waals surface area contributed by atoms with Gasteiger partial charge in [-0.15, -0.1) is 0 Å². The van der Waals surface area contributed by atoms with Crippen LogP contribution in [-0.2, 0) is 18.4 Å². The van der Waals surface area contributed by atoms with Crippen LogP contribution in [0, 0.1) is 18.3 Å². The van der Waals surface area contributed by atoms with E-state index in [1.54, 1.807) is 14.0 Å². The number of amides is 1. The van der Waals surface area contributed by atoms with Gasteiger partial charge in [-0.25, -0.2) is 0 Å². The molecule has 2 heterocycles. The number of nitriles is 1. The molecule has 1 amide bonds. The van der Waals surface area contributed by atoms with Crippen LogP contribution in [0.1, 0.15) is 11.3 Å². The summed E-state index contributed by atoms with van der Waals surface area (Å²) in [6.45, 7) is 1.79. The number of hydrogen-bond acceptors (Lipinski definition) is 4. The molecule has 0 atom stereocenters. The third-order valence-corrected chi connectivity index (χ3v) is 3.02. The van der Waals surface area contributed by atoms with Crippen molar-refractivity contribution in [1.82, 2.24) is 19.6 Å². The second-order valence-electron chi connectivity index (χ2n) is 3.93. The minimum Gasteiger partial charge on any atom is -0.308 e. The molecule has 0 unspecified atom stereocenters. The molecule has 0 saturated heterocycles. The summed E-state index contributed by atoms with van der Waals surface area (Å²) in [5.74, 6) is 0.0615. The van der Waals surface area contributed by atoms with Crippen molar-refractivity contribution in [3.05, 3.63) is 28.7 Å². The van der Waals surface area contributed by atoms with Gasteiger partial charge in [0.25, 0.3) is 0 Å². The Balaban J connectivity index is 2.12. The minimum atomic E-state index is -0.303. The van der Waals surface area contributed by atoms with Gasteiger partial charge in [-0.05, 0) is 6.92 Å². The maximum atomic E-state index is 11.9. The van der Waals surface area contributed by atoms with Crippen molar-refractivity contribution in [3.63, 3.8) is 0 Å². The van der Waals surface area contributed by atoms with Crippen LogP contribution in [0.2, 0.25) is 5.02 Å². The van der Waals surface area contributed by atoms with E-state index in [0.717, 1.165) is 0 Å². The van der Waals surface area contributed by atoms with Gasteiger partial charge in [0.2, 0.25) is 5.91 Å². The van der Waals surface area contributed by atoms with Gasteiger partial charge in [0.15, 0.2) is 0 Å². The second kappa shape index (κ2) is 5.12. The van der Waals surface area contributed by atoms with Gasteiger partial charge in [-0.3, -0.25) is 14.2 Å². The summed E-state index contributed by atoms with van der Waals surface area (Å²) in [6, 6.07) is 1.96. The summed E-state index contributed by atoms with van der Waals surface area (Å²) in [6.07, 6.45) is 2.88. The van der Waals surface area contributed by atoms with E-state index in [-0.39, 0.29) is 12.5 Å². The van der Waals surface area contributed by atoms with E-state index < -0.39 is 0 Å². The Labute approximate surface area is 114 Å². The molecular formula is C11H11ClN6O. The number of aryl methyl sites for hydroxylation is 1. The van der Waals surface area contributed by atoms with Crippen molar-refractivity contribution in [2.24, 2.45) is 7.05 Å². The maximum Gasteiger partial charge on any atom is 0.247 e. The first-order chi connectivity index (χ1) is 9.02. The van der Waals surface area contributed by atoms with E-state index in [1.165, 1.54) is 21.8 Å². The predicted octanol–water partition coefficient (Wildman–Crippen LogP) is 1.09. The fraction of sp³-hybridized carbons (Fsp3) is 0.273. The molecule has 0 spiro atoms. The van der Waals surface area contributed by atoms with Crippen molar-refractivity contribution in [2.45, 2.75) is 13.5 Å². The van der Waals surface area contributed by atoms with Crippen LogP contribution >= 0.6 is 11.6 Å². The molecule has 2 aromatic rings. The predicted molar refractivity (Wildman–Crippen MR) is 68.5 cm³/mol. The Morgan fingerprint density at radius 1 is 1.53 bits per heavy atom. The zero-order valence-electron chi connectivity index (χ0n) is 10.4. The monoisotopic (exact) mass is 278 g/mol. The average molecular weight is 279 g/mol. The van der Waals surface area contributed by atoms with Crippen LogP contribution in [0.25, 0.3) is 0 Å². The standard InChI is InChI=1S/C11H11ClN6O/c1-7-9(12)5-15-18(7)6-10(19)16-11-8(3-13)4-14-17(11)2/h4-5H,6H2,1-2H3,(H,16,19). The van der Waals surface area contributed by atoms with Gasteiger partial charge in [-0.2, -0.15) is 15.5 Å². The summed E-state index contributed by atoms with van der Waals surface area (Å²) in [5.41, 5.74) is 1.02. The maximum absolute atomic E-state index is 11.9. The molecule has 2 rings (SSSR count). The molecule has 98 valence electrons. The number of aromatic nitrogens is 4. The van der Waals surface area contributed by atoms with Crippen molar-refractivity contribution < 1.29 is 4.79 Å². The molecule has 0 aliphatic carbocycles. The quantitative estimate of drug-likeness (QED) is 0.910. The number of anilines is 1. The molecule has 1 N–H and O–H groups in total. The van der Waals surface area contributed by atoms with E-state index in [0.29, 0.717) is 22.1 Å². The molecule has 2 aromatic heterocycles. The SMILES string of the molecule is Cc1c(Cl)cnn1CC(=O)Nc1c(C#N)cnn1C. The molecule has 7 nitrogen and oxygen atoms in total. The van der Waals surface area contributed by atoms with Crippen molar-refractivity contribution in [2.75, 3.05) is 5.32 Å². The molecule has 0 radical (unpaired) electrons. The summed E-state index contributed by atoms with van der Waals surface area (Å²) >= 11 is 5.86. The van der Waals surface area contributed by atoms with Crippen LogP contribution in [0.4, 0.5) is 5.82 Å². The van der Waals surface area contributed by atoms with Crippen LogP contribution in [0.5, 0.6) is 0 Å². The Kier molecular flexibility index (Phi) is 3.53. The Bertz CT molecular complexity index is 665. The zero-order valence-corrected chi connectivity index (χ0v) is 11.1. The topological polar surface area (TPSA) is 88.5 Å². The van der Waals surface area contributed by atoms with Crippen LogP contribution in [0.15, 0.2) is 12.4 Å². The van der Waals surface area contributed by atoms with E-state index in [2.05, 4.69) is 15.5 Å². The largest absolute Gasteiger partial charge is 0.308 e. The second-order valence-corrected chi connectivity index (χ2v) is 4.33. The van der Waals surface area contributed by atoms with Gasteiger partial charge >= 0.3 is 0 Å². The molecule has 0 aliphatic heterocycles. The van der Waals surface area contributed by atoms with Crippen LogP contribution in [-0.4, -0.2) is 25.5 Å². The minimum absolute atomic E-state index is 0.0224. The number of hydrogen-bond donors (Lipinski definition) is 1. The number of halogens is 1. The van der Waals surface area contributed by atoms with E-state index in [9.17, 15) is 4.79 Å². The number of nitrogens with zero attached hydrogens (tertiary/aromatic N) is 5. The highest BCUT2D eigenvalue weighted by Gasteiger charge is 2.13. The Morgan fingerprint density at radius 2 is 2.26 bits per heavy atom. The van der Waals surface area contributed by atoms with Crippen molar-refractivity contribution in [1.29, 1.82) is 5.26 Å². The van der Waals surface area contributed by atoms with Gasteiger partial charge in [0.05, 0.1) is 23.1 Å². The van der Waals surface area contributed by atoms with Gasteiger partial charge in [-0.1, -0.05) is 11.6 Å². The van der Waals surface area contributed by atoms with Gasteiger partial charge in [0, 0.05) is 7.05 Å². The molecule has 19 heavy (non-hydrogen) atoms. The summed E-state index contributed by atoms with van der Waals surface area (Å²) in [5, 5.41) is 19.9. The lowest BCUT2D eigenvalue weighted by Gasteiger charge is -2.07. The Hall–Kier alpha value is -2.33. The third kappa shape index (κ3) is 2.58. The third-order valence-electron chi connectivity index (χ3n) is 2.65. The average Bonchev–Trinajstić information content (AvgIpc) is 2.88. The van der Waals surface area contributed by atoms with E-state index in [1.807, 2.05) is 6.07 Å². The lowest BCUT2D eigenvalue weighted by Crippen LogP contribution is -2.22. The lowest BCUT2D eigenvalue weighted by molar-refractivity contribution is -0.117. The molecule has 0 aromatic carbocycles. The first kappa shape index (κ1) is 13.1. The number of rotatable bonds is 3. The fourth-order valence-corrected chi connectivity index (χ4v) is 1.70. The van der Waals surface area contributed by atoms with Crippen LogP contribution in [0.3, 0.4) is 0 Å². The van der Waals surface area contributed by atoms with Crippen molar-refractivity contribution in [3.8, 4) is 6.07 Å². The van der Waals surface area contributed by atoms with Crippen LogP contribution < -0.4 is 5.32 Å². The molecule has 0 fully saturated rings. The summed E-state index contributed by atoms with van der Waals surface area (Å²) < 4.78 is 2.92. The van der Waals surface area contributed by atoms with Gasteiger partial charge in [0.1, 0.15) is 24.0 Å². The molecular weight excluding hydrogens is 268 g/mol. The number of nitrogens with one attached hydrogen (secondary N) is 1. The highest BCUT2D eigenvalue weighted by atomic mass is 35.5. The molecule has 0 bridgehead atoms. The zero-order chi connectivity index (χ0) is 14.0. The number of carbonyl (C=O) groups excluding carboxylic acids is 1. The first-order valence-electron chi connectivity index (χ1n) is 5.42. The fourth-order valence-electron chi connectivity index (χ4n) is 1.56. The Morgan fingerprint density at radius 3 is 2.84 bits per heavy atom.